The van der Waals surface area contributed by atoms with Crippen molar-refractivity contribution in [1.29, 1.82) is 0 Å². The Morgan fingerprint density at radius 1 is 0.365 bits per heavy atom. The Morgan fingerprint density at radius 3 is 0.917 bits per heavy atom. The summed E-state index contributed by atoms with van der Waals surface area (Å²) in [5, 5.41) is 3.14. The van der Waals surface area contributed by atoms with E-state index in [1.54, 1.807) is 158 Å². The van der Waals surface area contributed by atoms with Crippen LogP contribution in [0.25, 0.3) is 44.8 Å². The lowest BCUT2D eigenvalue weighted by Gasteiger charge is -2.42. The van der Waals surface area contributed by atoms with Crippen LogP contribution >= 0.6 is 22.7 Å². The molecule has 4 aliphatic carbocycles. The Bertz CT molecular complexity index is 4690. The molecule has 10 aromatic rings. The fourth-order valence-corrected chi connectivity index (χ4v) is 15.3. The number of benzene rings is 8. The molecule has 2 aliphatic heterocycles. The van der Waals surface area contributed by atoms with Gasteiger partial charge in [-0.25, -0.2) is 19.2 Å². The number of hydrogen-bond donors (Lipinski definition) is 0. The molecule has 0 saturated heterocycles. The van der Waals surface area contributed by atoms with E-state index in [-0.39, 0.29) is 82.5 Å². The fourth-order valence-electron chi connectivity index (χ4n) is 13.2. The van der Waals surface area contributed by atoms with E-state index in [2.05, 4.69) is 0 Å². The van der Waals surface area contributed by atoms with Crippen molar-refractivity contribution in [2.75, 3.05) is 0 Å². The van der Waals surface area contributed by atoms with Crippen LogP contribution in [0.4, 0.5) is 0 Å². The summed E-state index contributed by atoms with van der Waals surface area (Å²) in [5.41, 5.74) is -1.43. The molecule has 6 aliphatic rings. The van der Waals surface area contributed by atoms with Gasteiger partial charge in [0.05, 0.1) is 20.9 Å². The number of ether oxygens (including phenoxy) is 6. The second-order valence-corrected chi connectivity index (χ2v) is 26.1. The fraction of sp³-hybridized carbons (Fsp3) is 0.100. The van der Waals surface area contributed by atoms with Gasteiger partial charge in [-0.15, -0.1) is 22.7 Å². The van der Waals surface area contributed by atoms with Gasteiger partial charge in [-0.3, -0.25) is 19.2 Å². The highest BCUT2D eigenvalue weighted by molar-refractivity contribution is 7.15. The topological polar surface area (TPSA) is 192 Å². The van der Waals surface area contributed by atoms with Crippen molar-refractivity contribution in [2.24, 2.45) is 11.8 Å². The minimum atomic E-state index is -2.68. The number of hydrogen-bond acceptors (Lipinski definition) is 16. The summed E-state index contributed by atoms with van der Waals surface area (Å²) in [6.07, 6.45) is 10.0. The SMILES string of the molecule is O=C1C(=Cc2cc3c(s2)C2=CC4C=C5C(=CC4C=C2C(C(=O)OCc2ccccc2)(C(=O)OCc2ccccc2)O3)c2sc(C=C3C(=O)c4cc6ccccc6cc4C3=O)cc2OC5(C(=O)OCc2ccccc2)C(=O)OCc2ccccc2)C(=O)c2cc3ccccc3cc21. The van der Waals surface area contributed by atoms with Crippen molar-refractivity contribution in [1.82, 2.24) is 0 Å². The molecule has 0 fully saturated rings. The number of thiophene rings is 2. The molecule has 16 heteroatoms. The average molecular weight is 1300 g/mol. The zero-order valence-electron chi connectivity index (χ0n) is 50.6. The lowest BCUT2D eigenvalue weighted by molar-refractivity contribution is -0.179. The average Bonchev–Trinajstić information content (AvgIpc) is 1.00. The summed E-state index contributed by atoms with van der Waals surface area (Å²) in [4.78, 5) is 121. The van der Waals surface area contributed by atoms with Crippen LogP contribution in [-0.2, 0) is 64.6 Å². The highest BCUT2D eigenvalue weighted by Gasteiger charge is 2.63. The lowest BCUT2D eigenvalue weighted by atomic mass is 9.68. The molecule has 0 radical (unpaired) electrons. The summed E-state index contributed by atoms with van der Waals surface area (Å²) in [7, 11) is 0. The van der Waals surface area contributed by atoms with Crippen LogP contribution < -0.4 is 9.47 Å². The third-order valence-electron chi connectivity index (χ3n) is 18.0. The van der Waals surface area contributed by atoms with E-state index in [0.29, 0.717) is 52.9 Å². The van der Waals surface area contributed by atoms with E-state index in [0.717, 1.165) is 44.2 Å². The summed E-state index contributed by atoms with van der Waals surface area (Å²) < 4.78 is 38.5. The van der Waals surface area contributed by atoms with E-state index >= 15 is 19.2 Å². The Balaban J connectivity index is 0.872. The Kier molecular flexibility index (Phi) is 14.6. The summed E-state index contributed by atoms with van der Waals surface area (Å²) in [6.45, 7) is -1.11. The Hall–Kier alpha value is -11.7. The van der Waals surface area contributed by atoms with E-state index in [4.69, 9.17) is 28.4 Å². The number of rotatable bonds is 14. The molecule has 0 N–H and O–H groups in total. The zero-order valence-corrected chi connectivity index (χ0v) is 52.2. The molecule has 0 amide bonds. The smallest absolute Gasteiger partial charge is 0.367 e. The number of ketones is 4. The largest absolute Gasteiger partial charge is 0.458 e. The monoisotopic (exact) mass is 1300 g/mol. The first-order chi connectivity index (χ1) is 46.8. The van der Waals surface area contributed by atoms with Crippen molar-refractivity contribution < 1.29 is 66.8 Å². The molecule has 2 atom stereocenters. The van der Waals surface area contributed by atoms with Crippen LogP contribution in [0.1, 0.15) is 83.2 Å². The molecular formula is C80H50O14S2. The maximum atomic E-state index is 15.6. The van der Waals surface area contributed by atoms with Gasteiger partial charge < -0.3 is 28.4 Å². The highest BCUT2D eigenvalue weighted by Crippen LogP contribution is 2.58. The van der Waals surface area contributed by atoms with Crippen molar-refractivity contribution in [2.45, 2.75) is 37.6 Å². The number of fused-ring (bicyclic) bond motifs is 11. The van der Waals surface area contributed by atoms with Gasteiger partial charge in [-0.1, -0.05) is 194 Å². The predicted octanol–water partition coefficient (Wildman–Crippen LogP) is 14.9. The molecule has 96 heavy (non-hydrogen) atoms. The van der Waals surface area contributed by atoms with Crippen LogP contribution in [0, 0.1) is 11.8 Å². The van der Waals surface area contributed by atoms with Crippen LogP contribution in [0.5, 0.6) is 11.5 Å². The van der Waals surface area contributed by atoms with Gasteiger partial charge in [0.1, 0.15) is 37.9 Å². The van der Waals surface area contributed by atoms with Gasteiger partial charge in [0, 0.05) is 66.1 Å². The van der Waals surface area contributed by atoms with Crippen LogP contribution in [0.3, 0.4) is 0 Å². The zero-order chi connectivity index (χ0) is 65.4. The lowest BCUT2D eigenvalue weighted by Crippen LogP contribution is -2.58. The number of carbonyl (C=O) groups excluding carboxylic acids is 8. The maximum absolute atomic E-state index is 15.6. The van der Waals surface area contributed by atoms with Gasteiger partial charge >= 0.3 is 35.1 Å². The molecule has 4 heterocycles. The van der Waals surface area contributed by atoms with Crippen molar-refractivity contribution in [3.8, 4) is 11.5 Å². The summed E-state index contributed by atoms with van der Waals surface area (Å²) in [5.74, 6) is -7.97. The molecule has 466 valence electrons. The normalized spacial score (nSPS) is 17.3. The van der Waals surface area contributed by atoms with Crippen molar-refractivity contribution in [3.05, 3.63) is 317 Å². The molecule has 2 aromatic heterocycles. The van der Waals surface area contributed by atoms with E-state index in [1.165, 1.54) is 12.2 Å². The van der Waals surface area contributed by atoms with Crippen LogP contribution in [0.15, 0.2) is 253 Å². The minimum absolute atomic E-state index is 0.0210. The van der Waals surface area contributed by atoms with Gasteiger partial charge in [0.2, 0.25) is 0 Å². The minimum Gasteiger partial charge on any atom is -0.458 e. The molecule has 0 saturated carbocycles. The predicted molar refractivity (Wildman–Crippen MR) is 361 cm³/mol. The molecule has 14 nitrogen and oxygen atoms in total. The van der Waals surface area contributed by atoms with E-state index < -0.39 is 70.0 Å². The van der Waals surface area contributed by atoms with Crippen molar-refractivity contribution >= 4 is 115 Å². The third-order valence-corrected chi connectivity index (χ3v) is 20.2. The molecule has 0 bridgehead atoms. The number of allylic oxidation sites excluding steroid dienone is 6. The van der Waals surface area contributed by atoms with Crippen molar-refractivity contribution in [3.63, 3.8) is 0 Å². The third kappa shape index (κ3) is 10.1. The second-order valence-electron chi connectivity index (χ2n) is 23.9. The van der Waals surface area contributed by atoms with Crippen LogP contribution in [-0.4, -0.2) is 58.2 Å². The van der Waals surface area contributed by atoms with Crippen LogP contribution in [0.2, 0.25) is 0 Å². The summed E-state index contributed by atoms with van der Waals surface area (Å²) >= 11 is 2.28. The van der Waals surface area contributed by atoms with Gasteiger partial charge in [-0.05, 0) is 92.3 Å². The van der Waals surface area contributed by atoms with Gasteiger partial charge in [0.25, 0.3) is 0 Å². The number of Topliss-reactive ketones (excluding diaryl/α,β-unsaturated/α-hetero) is 4. The van der Waals surface area contributed by atoms with Gasteiger partial charge in [0.15, 0.2) is 23.1 Å². The quantitative estimate of drug-likeness (QED) is 0.0328. The molecule has 16 rings (SSSR count). The first-order valence-corrected chi connectivity index (χ1v) is 32.5. The first-order valence-electron chi connectivity index (χ1n) is 30.9. The number of carbonyl (C=O) groups is 8. The maximum Gasteiger partial charge on any atom is 0.367 e. The Morgan fingerprint density at radius 2 is 0.635 bits per heavy atom. The highest BCUT2D eigenvalue weighted by atomic mass is 32.1. The Labute approximate surface area is 555 Å². The second kappa shape index (κ2) is 23.7. The standard InChI is InChI=1S/C80H50O14S2/c81-69-57-29-49-25-13-14-26-50(49)30-58(57)70(82)63(69)37-55-39-67-73(95-55)61-33-54-36-66-62(34-53(54)35-65(61)79(93-67,75(85)89-41-45-17-5-1-6-18-45)76(86)90-42-46-19-7-2-8-20-46)74-68(40-56(96-74)38-64-71(83)59-31-51-27-15-16-28-52(51)32-60(59)72(64)84)94-80(66,77(87)91-43-47-21-9-3-10-22-47)78(88)92-44-48-23-11-4-12-24-48/h1-40,53-54H,41-44H2. The molecular weight excluding hydrogens is 1250 g/mol. The molecule has 8 aromatic carbocycles. The summed E-state index contributed by atoms with van der Waals surface area (Å²) in [6, 6.07) is 60.4. The van der Waals surface area contributed by atoms with E-state index in [1.807, 2.05) is 72.8 Å². The van der Waals surface area contributed by atoms with E-state index in [9.17, 15) is 19.2 Å². The molecule has 2 unspecified atom stereocenters. The first kappa shape index (κ1) is 59.3. The molecule has 0 spiro atoms. The van der Waals surface area contributed by atoms with Gasteiger partial charge in [-0.2, -0.15) is 0 Å². The number of esters is 4.